The van der Waals surface area contributed by atoms with Gasteiger partial charge < -0.3 is 8.83 Å². The van der Waals surface area contributed by atoms with E-state index in [4.69, 9.17) is 8.83 Å². The molecule has 0 N–H and O–H groups in total. The maximum atomic E-state index is 5.51. The Hall–Kier alpha value is -2.43. The number of rotatable bonds is 2. The first kappa shape index (κ1) is 9.77. The van der Waals surface area contributed by atoms with E-state index in [9.17, 15) is 0 Å². The minimum atomic E-state index is 0.372. The molecule has 3 rings (SSSR count). The van der Waals surface area contributed by atoms with E-state index in [2.05, 4.69) is 15.2 Å². The molecule has 3 aromatic heterocycles. The van der Waals surface area contributed by atoms with E-state index in [0.29, 0.717) is 17.5 Å². The van der Waals surface area contributed by atoms with Crippen LogP contribution in [0.4, 0.5) is 0 Å². The molecule has 0 fully saturated rings. The van der Waals surface area contributed by atoms with Gasteiger partial charge in [0, 0.05) is 12.4 Å². The first-order chi connectivity index (χ1) is 8.33. The van der Waals surface area contributed by atoms with Crippen LogP contribution in [-0.2, 0) is 0 Å². The van der Waals surface area contributed by atoms with E-state index in [1.54, 1.807) is 18.5 Å². The average Bonchev–Trinajstić information content (AvgIpc) is 2.98. The lowest BCUT2D eigenvalue weighted by molar-refractivity contribution is 0.505. The van der Waals surface area contributed by atoms with Gasteiger partial charge in [0.05, 0.1) is 5.56 Å². The van der Waals surface area contributed by atoms with Crippen molar-refractivity contribution in [2.45, 2.75) is 6.92 Å². The van der Waals surface area contributed by atoms with Crippen LogP contribution >= 0.6 is 0 Å². The summed E-state index contributed by atoms with van der Waals surface area (Å²) < 4.78 is 10.9. The first-order valence-corrected chi connectivity index (χ1v) is 5.13. The number of hydrogen-bond donors (Lipinski definition) is 0. The second kappa shape index (κ2) is 3.86. The van der Waals surface area contributed by atoms with Gasteiger partial charge in [0.15, 0.2) is 5.76 Å². The molecule has 0 aliphatic rings. The van der Waals surface area contributed by atoms with Gasteiger partial charge in [-0.2, -0.15) is 0 Å². The topological polar surface area (TPSA) is 65.0 Å². The van der Waals surface area contributed by atoms with Gasteiger partial charge in [-0.3, -0.25) is 4.98 Å². The van der Waals surface area contributed by atoms with Gasteiger partial charge in [-0.1, -0.05) is 0 Å². The Balaban J connectivity index is 1.99. The third-order valence-electron chi connectivity index (χ3n) is 2.28. The summed E-state index contributed by atoms with van der Waals surface area (Å²) in [6.07, 6.45) is 3.36. The molecule has 0 bridgehead atoms. The summed E-state index contributed by atoms with van der Waals surface area (Å²) in [5.74, 6) is 2.19. The molecule has 17 heavy (non-hydrogen) atoms. The Morgan fingerprint density at radius 1 is 1.00 bits per heavy atom. The minimum absolute atomic E-state index is 0.372. The predicted molar refractivity (Wildman–Crippen MR) is 60.0 cm³/mol. The predicted octanol–water partition coefficient (Wildman–Crippen LogP) is 2.70. The zero-order valence-corrected chi connectivity index (χ0v) is 9.12. The lowest BCUT2D eigenvalue weighted by Gasteiger charge is -1.91. The summed E-state index contributed by atoms with van der Waals surface area (Å²) in [5, 5.41) is 7.89. The fraction of sp³-hybridized carbons (Fsp3) is 0.0833. The standard InChI is InChI=1S/C12H9N3O2/c1-8-4-5-10(16-8)12-15-14-11(17-12)9-3-2-6-13-7-9/h2-7H,1H3. The fourth-order valence-electron chi connectivity index (χ4n) is 1.48. The van der Waals surface area contributed by atoms with Crippen molar-refractivity contribution in [3.05, 3.63) is 42.4 Å². The maximum absolute atomic E-state index is 5.51. The van der Waals surface area contributed by atoms with Crippen LogP contribution in [0.25, 0.3) is 23.1 Å². The second-order valence-electron chi connectivity index (χ2n) is 3.56. The summed E-state index contributed by atoms with van der Waals surface area (Å²) in [7, 11) is 0. The number of pyridine rings is 1. The molecule has 0 saturated heterocycles. The summed E-state index contributed by atoms with van der Waals surface area (Å²) >= 11 is 0. The van der Waals surface area contributed by atoms with Crippen molar-refractivity contribution in [1.29, 1.82) is 0 Å². The van der Waals surface area contributed by atoms with Gasteiger partial charge >= 0.3 is 0 Å². The molecule has 0 atom stereocenters. The van der Waals surface area contributed by atoms with E-state index < -0.39 is 0 Å². The van der Waals surface area contributed by atoms with E-state index in [-0.39, 0.29) is 0 Å². The van der Waals surface area contributed by atoms with Crippen molar-refractivity contribution >= 4 is 0 Å². The van der Waals surface area contributed by atoms with Crippen molar-refractivity contribution in [2.75, 3.05) is 0 Å². The molecule has 5 nitrogen and oxygen atoms in total. The van der Waals surface area contributed by atoms with Crippen LogP contribution in [0.3, 0.4) is 0 Å². The maximum Gasteiger partial charge on any atom is 0.283 e. The molecule has 0 radical (unpaired) electrons. The largest absolute Gasteiger partial charge is 0.456 e. The Morgan fingerprint density at radius 3 is 2.59 bits per heavy atom. The monoisotopic (exact) mass is 227 g/mol. The summed E-state index contributed by atoms with van der Waals surface area (Å²) in [5.41, 5.74) is 0.787. The molecule has 3 heterocycles. The van der Waals surface area contributed by atoms with Crippen LogP contribution in [-0.4, -0.2) is 15.2 Å². The first-order valence-electron chi connectivity index (χ1n) is 5.13. The van der Waals surface area contributed by atoms with Crippen LogP contribution in [0.5, 0.6) is 0 Å². The lowest BCUT2D eigenvalue weighted by atomic mass is 10.3. The Kier molecular flexibility index (Phi) is 2.22. The molecule has 0 unspecified atom stereocenters. The van der Waals surface area contributed by atoms with Crippen molar-refractivity contribution < 1.29 is 8.83 Å². The highest BCUT2D eigenvalue weighted by atomic mass is 16.4. The highest BCUT2D eigenvalue weighted by Crippen LogP contribution is 2.24. The molecule has 0 amide bonds. The molecule has 0 saturated carbocycles. The van der Waals surface area contributed by atoms with Crippen molar-refractivity contribution in [3.8, 4) is 23.1 Å². The minimum Gasteiger partial charge on any atom is -0.456 e. The van der Waals surface area contributed by atoms with Gasteiger partial charge in [0.25, 0.3) is 5.89 Å². The highest BCUT2D eigenvalue weighted by molar-refractivity contribution is 5.53. The Morgan fingerprint density at radius 2 is 1.88 bits per heavy atom. The van der Waals surface area contributed by atoms with E-state index >= 15 is 0 Å². The zero-order valence-electron chi connectivity index (χ0n) is 9.12. The molecule has 3 aromatic rings. The fourth-order valence-corrected chi connectivity index (χ4v) is 1.48. The molecule has 84 valence electrons. The number of hydrogen-bond acceptors (Lipinski definition) is 5. The van der Waals surface area contributed by atoms with E-state index in [1.165, 1.54) is 0 Å². The molecular weight excluding hydrogens is 218 g/mol. The molecular formula is C12H9N3O2. The van der Waals surface area contributed by atoms with Crippen LogP contribution in [0.2, 0.25) is 0 Å². The van der Waals surface area contributed by atoms with Gasteiger partial charge in [-0.05, 0) is 31.2 Å². The van der Waals surface area contributed by atoms with Crippen LogP contribution in [0.1, 0.15) is 5.76 Å². The van der Waals surface area contributed by atoms with Crippen molar-refractivity contribution in [2.24, 2.45) is 0 Å². The second-order valence-corrected chi connectivity index (χ2v) is 3.56. The molecule has 0 aliphatic carbocycles. The average molecular weight is 227 g/mol. The number of aromatic nitrogens is 3. The number of aryl methyl sites for hydroxylation is 1. The zero-order chi connectivity index (χ0) is 11.7. The molecule has 5 heteroatoms. The van der Waals surface area contributed by atoms with Crippen molar-refractivity contribution in [1.82, 2.24) is 15.2 Å². The summed E-state index contributed by atoms with van der Waals surface area (Å²) in [4.78, 5) is 4.00. The SMILES string of the molecule is Cc1ccc(-c2nnc(-c3cccnc3)o2)o1. The van der Waals surface area contributed by atoms with Gasteiger partial charge in [-0.25, -0.2) is 0 Å². The van der Waals surface area contributed by atoms with Gasteiger partial charge in [-0.15, -0.1) is 10.2 Å². The molecule has 0 aromatic carbocycles. The Labute approximate surface area is 97.1 Å². The van der Waals surface area contributed by atoms with Crippen molar-refractivity contribution in [3.63, 3.8) is 0 Å². The Bertz CT molecular complexity index is 628. The third-order valence-corrected chi connectivity index (χ3v) is 2.28. The summed E-state index contributed by atoms with van der Waals surface area (Å²) in [6.45, 7) is 1.86. The van der Waals surface area contributed by atoms with Gasteiger partial charge in [0.1, 0.15) is 5.76 Å². The third kappa shape index (κ3) is 1.82. The number of furan rings is 1. The quantitative estimate of drug-likeness (QED) is 0.673. The lowest BCUT2D eigenvalue weighted by Crippen LogP contribution is -1.78. The smallest absolute Gasteiger partial charge is 0.283 e. The highest BCUT2D eigenvalue weighted by Gasteiger charge is 2.12. The normalized spacial score (nSPS) is 10.6. The number of nitrogens with zero attached hydrogens (tertiary/aromatic N) is 3. The van der Waals surface area contributed by atoms with Crippen LogP contribution in [0, 0.1) is 6.92 Å². The van der Waals surface area contributed by atoms with Gasteiger partial charge in [0.2, 0.25) is 5.89 Å². The van der Waals surface area contributed by atoms with E-state index in [1.807, 2.05) is 25.1 Å². The van der Waals surface area contributed by atoms with Crippen LogP contribution < -0.4 is 0 Å². The summed E-state index contributed by atoms with van der Waals surface area (Å²) in [6, 6.07) is 7.33. The molecule has 0 spiro atoms. The van der Waals surface area contributed by atoms with E-state index in [0.717, 1.165) is 11.3 Å². The van der Waals surface area contributed by atoms with Crippen LogP contribution in [0.15, 0.2) is 45.5 Å². The molecule has 0 aliphatic heterocycles.